The Labute approximate surface area is 165 Å². The third-order valence-corrected chi connectivity index (χ3v) is 6.05. The highest BCUT2D eigenvalue weighted by molar-refractivity contribution is 5.80. The molecule has 0 saturated heterocycles. The third kappa shape index (κ3) is 5.00. The summed E-state index contributed by atoms with van der Waals surface area (Å²) in [7, 11) is 1.67. The van der Waals surface area contributed by atoms with E-state index in [1.807, 2.05) is 4.68 Å². The van der Waals surface area contributed by atoms with Crippen molar-refractivity contribution in [2.75, 3.05) is 13.6 Å². The maximum atomic E-state index is 13.3. The molecule has 2 N–H and O–H groups in total. The van der Waals surface area contributed by atoms with Crippen molar-refractivity contribution in [2.45, 2.75) is 77.1 Å². The first-order valence-electron chi connectivity index (χ1n) is 10.4. The van der Waals surface area contributed by atoms with Gasteiger partial charge in [0, 0.05) is 38.3 Å². The number of aromatic nitrogens is 2. The number of aliphatic imine (C=N–C) groups is 1. The van der Waals surface area contributed by atoms with Crippen LogP contribution in [0.5, 0.6) is 0 Å². The number of nitrogens with zero attached hydrogens (tertiary/aromatic N) is 3. The van der Waals surface area contributed by atoms with Gasteiger partial charge in [-0.25, -0.2) is 0 Å². The molecular formula is C20H32F3N5. The van der Waals surface area contributed by atoms with Crippen molar-refractivity contribution in [3.8, 4) is 0 Å². The summed E-state index contributed by atoms with van der Waals surface area (Å²) in [4.78, 5) is 4.23. The van der Waals surface area contributed by atoms with Crippen molar-refractivity contribution in [2.24, 2.45) is 16.8 Å². The Bertz CT molecular complexity index is 680. The average molecular weight is 400 g/mol. The van der Waals surface area contributed by atoms with E-state index in [9.17, 15) is 13.2 Å². The Morgan fingerprint density at radius 3 is 2.71 bits per heavy atom. The van der Waals surface area contributed by atoms with E-state index < -0.39 is 12.1 Å². The van der Waals surface area contributed by atoms with E-state index in [0.717, 1.165) is 31.4 Å². The summed E-state index contributed by atoms with van der Waals surface area (Å²) in [6.07, 6.45) is 3.14. The number of hydrogen-bond donors (Lipinski definition) is 2. The summed E-state index contributed by atoms with van der Waals surface area (Å²) in [6, 6.07) is 0.530. The lowest BCUT2D eigenvalue weighted by Crippen LogP contribution is -2.48. The zero-order valence-electron chi connectivity index (χ0n) is 17.0. The van der Waals surface area contributed by atoms with Gasteiger partial charge in [-0.15, -0.1) is 0 Å². The molecule has 3 atom stereocenters. The van der Waals surface area contributed by atoms with Crippen LogP contribution in [0.3, 0.4) is 0 Å². The Morgan fingerprint density at radius 1 is 1.29 bits per heavy atom. The second kappa shape index (κ2) is 8.74. The van der Waals surface area contributed by atoms with Gasteiger partial charge in [0.15, 0.2) is 5.96 Å². The maximum absolute atomic E-state index is 13.3. The van der Waals surface area contributed by atoms with E-state index in [1.165, 1.54) is 5.56 Å². The Hall–Kier alpha value is -1.73. The van der Waals surface area contributed by atoms with E-state index >= 15 is 0 Å². The number of alkyl halides is 3. The molecule has 3 unspecified atom stereocenters. The SMILES string of the molecule is CN=C(NCC1CCCCC1C(F)(F)F)NC1CCc2cn(C(C)C)nc2C1. The van der Waals surface area contributed by atoms with Crippen molar-refractivity contribution >= 4 is 5.96 Å². The first kappa shape index (κ1) is 21.0. The molecule has 0 aromatic carbocycles. The predicted octanol–water partition coefficient (Wildman–Crippen LogP) is 3.86. The topological polar surface area (TPSA) is 54.2 Å². The lowest BCUT2D eigenvalue weighted by Gasteiger charge is -2.33. The van der Waals surface area contributed by atoms with E-state index in [0.29, 0.717) is 31.4 Å². The van der Waals surface area contributed by atoms with Crippen LogP contribution < -0.4 is 10.6 Å². The number of guanidine groups is 1. The second-order valence-electron chi connectivity index (χ2n) is 8.40. The van der Waals surface area contributed by atoms with Crippen molar-refractivity contribution in [3.63, 3.8) is 0 Å². The van der Waals surface area contributed by atoms with Gasteiger partial charge in [-0.3, -0.25) is 9.67 Å². The Kier molecular flexibility index (Phi) is 6.55. The standard InChI is InChI=1S/C20H32F3N5/c1-13(2)28-12-15-8-9-16(10-18(15)27-28)26-19(24-3)25-11-14-6-4-5-7-17(14)20(21,22)23/h12-14,16-17H,4-11H2,1-3H3,(H2,24,25,26). The summed E-state index contributed by atoms with van der Waals surface area (Å²) >= 11 is 0. The summed E-state index contributed by atoms with van der Waals surface area (Å²) in [5.41, 5.74) is 2.40. The van der Waals surface area contributed by atoms with Crippen LogP contribution in [0.25, 0.3) is 0 Å². The van der Waals surface area contributed by atoms with E-state index in [4.69, 9.17) is 0 Å². The quantitative estimate of drug-likeness (QED) is 0.597. The van der Waals surface area contributed by atoms with Gasteiger partial charge in [0.05, 0.1) is 11.6 Å². The fourth-order valence-electron chi connectivity index (χ4n) is 4.40. The Morgan fingerprint density at radius 2 is 2.04 bits per heavy atom. The number of halogens is 3. The highest BCUT2D eigenvalue weighted by Gasteiger charge is 2.45. The molecule has 158 valence electrons. The van der Waals surface area contributed by atoms with Crippen molar-refractivity contribution in [3.05, 3.63) is 17.5 Å². The van der Waals surface area contributed by atoms with Crippen LogP contribution in [0.2, 0.25) is 0 Å². The fourth-order valence-corrected chi connectivity index (χ4v) is 4.40. The van der Waals surface area contributed by atoms with Crippen LogP contribution >= 0.6 is 0 Å². The normalized spacial score (nSPS) is 26.2. The minimum Gasteiger partial charge on any atom is -0.356 e. The second-order valence-corrected chi connectivity index (χ2v) is 8.40. The molecule has 5 nitrogen and oxygen atoms in total. The molecule has 28 heavy (non-hydrogen) atoms. The molecule has 0 bridgehead atoms. The minimum atomic E-state index is -4.11. The Balaban J connectivity index is 1.54. The molecule has 1 heterocycles. The van der Waals surface area contributed by atoms with E-state index in [2.05, 4.69) is 40.8 Å². The monoisotopic (exact) mass is 399 g/mol. The zero-order chi connectivity index (χ0) is 20.3. The molecule has 1 aromatic heterocycles. The van der Waals surface area contributed by atoms with Gasteiger partial charge < -0.3 is 10.6 Å². The maximum Gasteiger partial charge on any atom is 0.392 e. The van der Waals surface area contributed by atoms with Crippen LogP contribution in [0.15, 0.2) is 11.2 Å². The van der Waals surface area contributed by atoms with Gasteiger partial charge in [-0.1, -0.05) is 12.8 Å². The van der Waals surface area contributed by atoms with Crippen molar-refractivity contribution < 1.29 is 13.2 Å². The minimum absolute atomic E-state index is 0.194. The lowest BCUT2D eigenvalue weighted by atomic mass is 9.79. The molecule has 1 aromatic rings. The summed E-state index contributed by atoms with van der Waals surface area (Å²) < 4.78 is 41.9. The third-order valence-electron chi connectivity index (χ3n) is 6.05. The van der Waals surface area contributed by atoms with E-state index in [-0.39, 0.29) is 18.4 Å². The van der Waals surface area contributed by atoms with Gasteiger partial charge in [0.1, 0.15) is 0 Å². The van der Waals surface area contributed by atoms with Crippen LogP contribution in [0.4, 0.5) is 13.2 Å². The fraction of sp³-hybridized carbons (Fsp3) is 0.800. The molecular weight excluding hydrogens is 367 g/mol. The van der Waals surface area contributed by atoms with E-state index in [1.54, 1.807) is 7.05 Å². The van der Waals surface area contributed by atoms with Crippen molar-refractivity contribution in [1.82, 2.24) is 20.4 Å². The summed E-state index contributed by atoms with van der Waals surface area (Å²) in [5, 5.41) is 11.2. The van der Waals surface area contributed by atoms with Gasteiger partial charge in [-0.05, 0) is 51.0 Å². The highest BCUT2D eigenvalue weighted by Crippen LogP contribution is 2.41. The molecule has 8 heteroatoms. The average Bonchev–Trinajstić information content (AvgIpc) is 3.08. The molecule has 2 aliphatic rings. The van der Waals surface area contributed by atoms with Crippen LogP contribution in [-0.2, 0) is 12.8 Å². The first-order valence-corrected chi connectivity index (χ1v) is 10.4. The zero-order valence-corrected chi connectivity index (χ0v) is 17.0. The number of aryl methyl sites for hydroxylation is 1. The van der Waals surface area contributed by atoms with Crippen LogP contribution in [0.1, 0.15) is 63.3 Å². The lowest BCUT2D eigenvalue weighted by molar-refractivity contribution is -0.195. The molecule has 0 spiro atoms. The molecule has 2 aliphatic carbocycles. The van der Waals surface area contributed by atoms with Crippen molar-refractivity contribution in [1.29, 1.82) is 0 Å². The number of hydrogen-bond acceptors (Lipinski definition) is 2. The molecule has 0 aliphatic heterocycles. The van der Waals surface area contributed by atoms with Crippen LogP contribution in [0, 0.1) is 11.8 Å². The molecule has 3 rings (SSSR count). The predicted molar refractivity (Wildman–Crippen MR) is 104 cm³/mol. The first-order chi connectivity index (χ1) is 13.3. The number of nitrogens with one attached hydrogen (secondary N) is 2. The molecule has 1 saturated carbocycles. The van der Waals surface area contributed by atoms with Gasteiger partial charge in [-0.2, -0.15) is 18.3 Å². The summed E-state index contributed by atoms with van der Waals surface area (Å²) in [6.45, 7) is 4.53. The van der Waals surface area contributed by atoms with Crippen LogP contribution in [-0.4, -0.2) is 41.6 Å². The highest BCUT2D eigenvalue weighted by atomic mass is 19.4. The largest absolute Gasteiger partial charge is 0.392 e. The van der Waals surface area contributed by atoms with Gasteiger partial charge >= 0.3 is 6.18 Å². The number of rotatable bonds is 4. The number of fused-ring (bicyclic) bond motifs is 1. The smallest absolute Gasteiger partial charge is 0.356 e. The summed E-state index contributed by atoms with van der Waals surface area (Å²) in [5.74, 6) is -1.00. The molecule has 0 amide bonds. The van der Waals surface area contributed by atoms with Gasteiger partial charge in [0.25, 0.3) is 0 Å². The molecule has 0 radical (unpaired) electrons. The van der Waals surface area contributed by atoms with Gasteiger partial charge in [0.2, 0.25) is 0 Å². The molecule has 1 fully saturated rings.